The summed E-state index contributed by atoms with van der Waals surface area (Å²) in [6.07, 6.45) is 0. The fourth-order valence-electron chi connectivity index (χ4n) is 2.83. The first-order chi connectivity index (χ1) is 13.0. The maximum absolute atomic E-state index is 12.5. The Balaban J connectivity index is 1.75. The molecule has 1 N–H and O–H groups in total. The van der Waals surface area contributed by atoms with Gasteiger partial charge in [0.25, 0.3) is 11.1 Å². The SMILES string of the molecule is CCOc1ccc(CN(C)C(=O)Cn2[nH]c(=O)c3ccccc3c2=O)cc1. The Labute approximate surface area is 155 Å². The third-order valence-electron chi connectivity index (χ3n) is 4.26. The van der Waals surface area contributed by atoms with Gasteiger partial charge in [-0.05, 0) is 36.8 Å². The second-order valence-corrected chi connectivity index (χ2v) is 6.20. The van der Waals surface area contributed by atoms with Gasteiger partial charge in [-0.2, -0.15) is 0 Å². The molecular formula is C20H21N3O4. The van der Waals surface area contributed by atoms with E-state index in [1.54, 1.807) is 31.3 Å². The first-order valence-electron chi connectivity index (χ1n) is 8.67. The maximum Gasteiger partial charge on any atom is 0.273 e. The molecule has 0 saturated carbocycles. The number of aromatic amines is 1. The van der Waals surface area contributed by atoms with Gasteiger partial charge in [0.2, 0.25) is 5.91 Å². The highest BCUT2D eigenvalue weighted by Crippen LogP contribution is 2.13. The summed E-state index contributed by atoms with van der Waals surface area (Å²) < 4.78 is 6.46. The second kappa shape index (κ2) is 7.90. The number of carbonyl (C=O) groups is 1. The summed E-state index contributed by atoms with van der Waals surface area (Å²) in [5.74, 6) is 0.493. The van der Waals surface area contributed by atoms with Gasteiger partial charge in [-0.1, -0.05) is 24.3 Å². The summed E-state index contributed by atoms with van der Waals surface area (Å²) in [5, 5.41) is 3.08. The molecule has 1 heterocycles. The van der Waals surface area contributed by atoms with E-state index in [-0.39, 0.29) is 12.5 Å². The number of hydrogen-bond donors (Lipinski definition) is 1. The topological polar surface area (TPSA) is 84.4 Å². The molecule has 3 aromatic rings. The molecule has 7 heteroatoms. The van der Waals surface area contributed by atoms with Crippen molar-refractivity contribution in [2.24, 2.45) is 0 Å². The van der Waals surface area contributed by atoms with Crippen molar-refractivity contribution in [1.29, 1.82) is 0 Å². The second-order valence-electron chi connectivity index (χ2n) is 6.20. The van der Waals surface area contributed by atoms with Crippen LogP contribution in [-0.4, -0.2) is 34.2 Å². The molecule has 0 unspecified atom stereocenters. The monoisotopic (exact) mass is 367 g/mol. The molecule has 0 radical (unpaired) electrons. The van der Waals surface area contributed by atoms with E-state index in [0.29, 0.717) is 23.9 Å². The summed E-state index contributed by atoms with van der Waals surface area (Å²) in [6, 6.07) is 14.0. The Morgan fingerprint density at radius 1 is 1.07 bits per heavy atom. The lowest BCUT2D eigenvalue weighted by atomic mass is 10.2. The number of fused-ring (bicyclic) bond motifs is 1. The number of ether oxygens (including phenoxy) is 1. The molecule has 2 aromatic carbocycles. The molecule has 0 bridgehead atoms. The number of nitrogens with zero attached hydrogens (tertiary/aromatic N) is 2. The predicted molar refractivity (Wildman–Crippen MR) is 103 cm³/mol. The highest BCUT2D eigenvalue weighted by Gasteiger charge is 2.14. The fraction of sp³-hybridized carbons (Fsp3) is 0.250. The molecule has 3 rings (SSSR count). The van der Waals surface area contributed by atoms with Gasteiger partial charge in [-0.3, -0.25) is 19.5 Å². The van der Waals surface area contributed by atoms with Gasteiger partial charge in [0.1, 0.15) is 12.3 Å². The van der Waals surface area contributed by atoms with E-state index in [1.807, 2.05) is 31.2 Å². The Morgan fingerprint density at radius 2 is 1.74 bits per heavy atom. The molecule has 140 valence electrons. The van der Waals surface area contributed by atoms with Crippen molar-refractivity contribution in [3.8, 4) is 5.75 Å². The van der Waals surface area contributed by atoms with E-state index < -0.39 is 11.1 Å². The highest BCUT2D eigenvalue weighted by molar-refractivity contribution is 5.81. The fourth-order valence-corrected chi connectivity index (χ4v) is 2.83. The minimum absolute atomic E-state index is 0.230. The van der Waals surface area contributed by atoms with Crippen molar-refractivity contribution in [2.45, 2.75) is 20.0 Å². The van der Waals surface area contributed by atoms with Gasteiger partial charge >= 0.3 is 0 Å². The average molecular weight is 367 g/mol. The number of nitrogens with one attached hydrogen (secondary N) is 1. The van der Waals surface area contributed by atoms with E-state index >= 15 is 0 Å². The average Bonchev–Trinajstić information content (AvgIpc) is 2.67. The summed E-state index contributed by atoms with van der Waals surface area (Å²) in [4.78, 5) is 38.6. The third kappa shape index (κ3) is 4.08. The summed E-state index contributed by atoms with van der Waals surface area (Å²) in [6.45, 7) is 2.67. The number of amides is 1. The van der Waals surface area contributed by atoms with E-state index in [9.17, 15) is 14.4 Å². The number of carbonyl (C=O) groups excluding carboxylic acids is 1. The van der Waals surface area contributed by atoms with Crippen molar-refractivity contribution in [1.82, 2.24) is 14.7 Å². The predicted octanol–water partition coefficient (Wildman–Crippen LogP) is 1.75. The number of H-pyrrole nitrogens is 1. The van der Waals surface area contributed by atoms with Crippen molar-refractivity contribution in [3.63, 3.8) is 0 Å². The van der Waals surface area contributed by atoms with Crippen molar-refractivity contribution < 1.29 is 9.53 Å². The maximum atomic E-state index is 12.5. The molecule has 0 fully saturated rings. The Morgan fingerprint density at radius 3 is 2.41 bits per heavy atom. The first-order valence-corrected chi connectivity index (χ1v) is 8.67. The van der Waals surface area contributed by atoms with Crippen LogP contribution in [0.25, 0.3) is 10.8 Å². The van der Waals surface area contributed by atoms with Gasteiger partial charge in [-0.25, -0.2) is 4.68 Å². The van der Waals surface area contributed by atoms with Gasteiger partial charge in [-0.15, -0.1) is 0 Å². The number of likely N-dealkylation sites (N-methyl/N-ethyl adjacent to an activating group) is 1. The van der Waals surface area contributed by atoms with Crippen LogP contribution >= 0.6 is 0 Å². The molecule has 1 amide bonds. The van der Waals surface area contributed by atoms with E-state index in [4.69, 9.17) is 4.74 Å². The number of hydrogen-bond acceptors (Lipinski definition) is 4. The molecule has 0 aliphatic carbocycles. The molecule has 1 aromatic heterocycles. The quantitative estimate of drug-likeness (QED) is 0.719. The first kappa shape index (κ1) is 18.4. The van der Waals surface area contributed by atoms with E-state index in [2.05, 4.69) is 5.10 Å². The lowest BCUT2D eigenvalue weighted by Crippen LogP contribution is -2.37. The highest BCUT2D eigenvalue weighted by atomic mass is 16.5. The van der Waals surface area contributed by atoms with Crippen LogP contribution in [0.1, 0.15) is 12.5 Å². The van der Waals surface area contributed by atoms with Crippen LogP contribution in [0.3, 0.4) is 0 Å². The van der Waals surface area contributed by atoms with Crippen LogP contribution in [0.15, 0.2) is 58.1 Å². The molecule has 7 nitrogen and oxygen atoms in total. The lowest BCUT2D eigenvalue weighted by Gasteiger charge is -2.18. The number of benzene rings is 2. The summed E-state index contributed by atoms with van der Waals surface area (Å²) in [5.41, 5.74) is 0.147. The number of aromatic nitrogens is 2. The molecular weight excluding hydrogens is 346 g/mol. The molecule has 27 heavy (non-hydrogen) atoms. The van der Waals surface area contributed by atoms with E-state index in [0.717, 1.165) is 16.0 Å². The van der Waals surface area contributed by atoms with Gasteiger partial charge in [0.05, 0.1) is 17.4 Å². The minimum Gasteiger partial charge on any atom is -0.494 e. The Hall–Kier alpha value is -3.35. The molecule has 0 aliphatic rings. The van der Waals surface area contributed by atoms with Crippen LogP contribution in [0.5, 0.6) is 5.75 Å². The van der Waals surface area contributed by atoms with Crippen LogP contribution in [0.2, 0.25) is 0 Å². The van der Waals surface area contributed by atoms with Crippen LogP contribution in [0.4, 0.5) is 0 Å². The van der Waals surface area contributed by atoms with Crippen molar-refractivity contribution in [3.05, 3.63) is 74.8 Å². The van der Waals surface area contributed by atoms with Gasteiger partial charge < -0.3 is 9.64 Å². The van der Waals surface area contributed by atoms with Crippen LogP contribution in [-0.2, 0) is 17.9 Å². The molecule has 0 atom stereocenters. The van der Waals surface area contributed by atoms with E-state index in [1.165, 1.54) is 4.90 Å². The summed E-state index contributed by atoms with van der Waals surface area (Å²) in [7, 11) is 1.66. The molecule has 0 spiro atoms. The third-order valence-corrected chi connectivity index (χ3v) is 4.26. The smallest absolute Gasteiger partial charge is 0.273 e. The lowest BCUT2D eigenvalue weighted by molar-refractivity contribution is -0.131. The normalized spacial score (nSPS) is 10.7. The van der Waals surface area contributed by atoms with Crippen LogP contribution in [0, 0.1) is 0 Å². The minimum atomic E-state index is -0.396. The zero-order chi connectivity index (χ0) is 19.4. The standard InChI is InChI=1S/C20H21N3O4/c1-3-27-15-10-8-14(9-11-15)12-22(2)18(24)13-23-20(26)17-7-5-4-6-16(17)19(25)21-23/h4-11H,3,12-13H2,1-2H3,(H,21,25). The Kier molecular flexibility index (Phi) is 5.40. The zero-order valence-electron chi connectivity index (χ0n) is 15.3. The van der Waals surface area contributed by atoms with Crippen molar-refractivity contribution in [2.75, 3.05) is 13.7 Å². The number of rotatable bonds is 6. The summed E-state index contributed by atoms with van der Waals surface area (Å²) >= 11 is 0. The van der Waals surface area contributed by atoms with Crippen molar-refractivity contribution >= 4 is 16.7 Å². The largest absolute Gasteiger partial charge is 0.494 e. The zero-order valence-corrected chi connectivity index (χ0v) is 15.3. The van der Waals surface area contributed by atoms with Gasteiger partial charge in [0.15, 0.2) is 0 Å². The molecule has 0 saturated heterocycles. The van der Waals surface area contributed by atoms with Gasteiger partial charge in [0, 0.05) is 13.6 Å². The Bertz CT molecular complexity index is 1070. The molecule has 0 aliphatic heterocycles. The van der Waals surface area contributed by atoms with Crippen LogP contribution < -0.4 is 15.9 Å².